The lowest BCUT2D eigenvalue weighted by Gasteiger charge is -2.26. The van der Waals surface area contributed by atoms with Crippen LogP contribution < -0.4 is 15.4 Å². The van der Waals surface area contributed by atoms with Crippen molar-refractivity contribution in [2.45, 2.75) is 39.3 Å². The van der Waals surface area contributed by atoms with Gasteiger partial charge in [0, 0.05) is 61.6 Å². The van der Waals surface area contributed by atoms with E-state index in [9.17, 15) is 4.39 Å². The molecule has 8 heteroatoms. The van der Waals surface area contributed by atoms with E-state index in [1.807, 2.05) is 24.3 Å². The molecule has 1 heterocycles. The highest BCUT2D eigenvalue weighted by molar-refractivity contribution is 5.83. The lowest BCUT2D eigenvalue weighted by Crippen LogP contribution is -2.37. The zero-order valence-electron chi connectivity index (χ0n) is 21.6. The Labute approximate surface area is 213 Å². The lowest BCUT2D eigenvalue weighted by atomic mass is 10.1. The summed E-state index contributed by atoms with van der Waals surface area (Å²) in [6.07, 6.45) is 2.88. The molecule has 0 amide bonds. The van der Waals surface area contributed by atoms with Crippen molar-refractivity contribution in [3.8, 4) is 5.75 Å². The van der Waals surface area contributed by atoms with Crippen LogP contribution in [-0.2, 0) is 4.74 Å². The van der Waals surface area contributed by atoms with Crippen LogP contribution in [0.3, 0.4) is 0 Å². The average molecular weight is 501 g/mol. The summed E-state index contributed by atoms with van der Waals surface area (Å²) in [5, 5.41) is 6.36. The van der Waals surface area contributed by atoms with E-state index >= 15 is 4.39 Å². The molecule has 3 rings (SSSR count). The van der Waals surface area contributed by atoms with Crippen LogP contribution in [0.5, 0.6) is 5.75 Å². The molecule has 6 nitrogen and oxygen atoms in total. The number of hydrogen-bond donors (Lipinski definition) is 2. The van der Waals surface area contributed by atoms with Gasteiger partial charge >= 0.3 is 0 Å². The minimum atomic E-state index is -1.21. The molecule has 2 N–H and O–H groups in total. The Balaban J connectivity index is 1.59. The molecule has 1 saturated heterocycles. The number of nitrogens with zero attached hydrogens (tertiary/aromatic N) is 2. The zero-order valence-corrected chi connectivity index (χ0v) is 21.6. The monoisotopic (exact) mass is 500 g/mol. The topological polar surface area (TPSA) is 58.1 Å². The van der Waals surface area contributed by atoms with E-state index in [0.717, 1.165) is 50.6 Å². The predicted molar refractivity (Wildman–Crippen MR) is 145 cm³/mol. The lowest BCUT2D eigenvalue weighted by molar-refractivity contribution is 0.0358. The van der Waals surface area contributed by atoms with Crippen LogP contribution >= 0.6 is 0 Å². The SMILES string of the molecule is C=C(Nc1ccc(NCCC(C)(C)F)cc1)c1c(F)cc(OCCCN2CCOCC2)cc1N=CC. The fraction of sp³-hybridized carbons (Fsp3) is 0.464. The molecule has 0 aliphatic carbocycles. The minimum Gasteiger partial charge on any atom is -0.493 e. The highest BCUT2D eigenvalue weighted by Crippen LogP contribution is 2.33. The molecule has 0 atom stereocenters. The van der Waals surface area contributed by atoms with Gasteiger partial charge in [0.1, 0.15) is 17.2 Å². The summed E-state index contributed by atoms with van der Waals surface area (Å²) >= 11 is 0. The molecule has 0 unspecified atom stereocenters. The van der Waals surface area contributed by atoms with Gasteiger partial charge in [-0.1, -0.05) is 6.58 Å². The number of alkyl halides is 1. The first-order valence-corrected chi connectivity index (χ1v) is 12.5. The van der Waals surface area contributed by atoms with Gasteiger partial charge in [-0.25, -0.2) is 8.78 Å². The Kier molecular flexibility index (Phi) is 10.3. The first kappa shape index (κ1) is 27.6. The van der Waals surface area contributed by atoms with Crippen molar-refractivity contribution in [2.24, 2.45) is 4.99 Å². The Hall–Kier alpha value is -2.97. The van der Waals surface area contributed by atoms with Gasteiger partial charge in [-0.3, -0.25) is 9.89 Å². The quantitative estimate of drug-likeness (QED) is 0.250. The third-order valence-corrected chi connectivity index (χ3v) is 5.83. The maximum absolute atomic E-state index is 15.2. The minimum absolute atomic E-state index is 0.293. The van der Waals surface area contributed by atoms with Crippen LogP contribution in [0.4, 0.5) is 25.8 Å². The molecule has 1 fully saturated rings. The van der Waals surface area contributed by atoms with E-state index in [-0.39, 0.29) is 0 Å². The number of rotatable bonds is 13. The second-order valence-electron chi connectivity index (χ2n) is 9.42. The largest absolute Gasteiger partial charge is 0.493 e. The summed E-state index contributed by atoms with van der Waals surface area (Å²) in [5.41, 5.74) is 1.57. The summed E-state index contributed by atoms with van der Waals surface area (Å²) in [4.78, 5) is 6.69. The Morgan fingerprint density at radius 1 is 1.19 bits per heavy atom. The molecule has 2 aromatic rings. The Morgan fingerprint density at radius 2 is 1.89 bits per heavy atom. The highest BCUT2D eigenvalue weighted by atomic mass is 19.1. The second kappa shape index (κ2) is 13.4. The molecule has 0 bridgehead atoms. The summed E-state index contributed by atoms with van der Waals surface area (Å²) < 4.78 is 40.0. The van der Waals surface area contributed by atoms with E-state index in [1.54, 1.807) is 33.1 Å². The predicted octanol–water partition coefficient (Wildman–Crippen LogP) is 6.28. The molecular weight excluding hydrogens is 462 g/mol. The number of benzene rings is 2. The number of aliphatic imine (C=N–C) groups is 1. The fourth-order valence-corrected chi connectivity index (χ4v) is 3.91. The first-order valence-electron chi connectivity index (χ1n) is 12.5. The van der Waals surface area contributed by atoms with Gasteiger partial charge in [-0.15, -0.1) is 0 Å². The Bertz CT molecular complexity index is 1010. The number of morpholine rings is 1. The maximum Gasteiger partial charge on any atom is 0.138 e. The highest BCUT2D eigenvalue weighted by Gasteiger charge is 2.16. The molecule has 0 aromatic heterocycles. The van der Waals surface area contributed by atoms with Crippen molar-refractivity contribution in [1.82, 2.24) is 4.90 Å². The van der Waals surface area contributed by atoms with E-state index in [0.29, 0.717) is 42.3 Å². The van der Waals surface area contributed by atoms with E-state index in [1.165, 1.54) is 6.07 Å². The van der Waals surface area contributed by atoms with Crippen molar-refractivity contribution >= 4 is 29.0 Å². The van der Waals surface area contributed by atoms with Crippen LogP contribution in [0.25, 0.3) is 5.70 Å². The molecule has 0 saturated carbocycles. The third-order valence-electron chi connectivity index (χ3n) is 5.83. The van der Waals surface area contributed by atoms with Gasteiger partial charge < -0.3 is 20.1 Å². The van der Waals surface area contributed by atoms with Crippen LogP contribution in [0.15, 0.2) is 48.0 Å². The fourth-order valence-electron chi connectivity index (χ4n) is 3.91. The number of ether oxygens (including phenoxy) is 2. The molecular formula is C28H38F2N4O2. The van der Waals surface area contributed by atoms with Crippen molar-refractivity contribution in [3.63, 3.8) is 0 Å². The average Bonchev–Trinajstić information content (AvgIpc) is 2.83. The normalized spacial score (nSPS) is 14.7. The van der Waals surface area contributed by atoms with Crippen molar-refractivity contribution in [1.29, 1.82) is 0 Å². The van der Waals surface area contributed by atoms with E-state index in [4.69, 9.17) is 9.47 Å². The van der Waals surface area contributed by atoms with Gasteiger partial charge in [-0.2, -0.15) is 0 Å². The van der Waals surface area contributed by atoms with Crippen LogP contribution in [0.2, 0.25) is 0 Å². The van der Waals surface area contributed by atoms with Crippen molar-refractivity contribution in [3.05, 3.63) is 54.4 Å². The van der Waals surface area contributed by atoms with Crippen LogP contribution in [0, 0.1) is 5.82 Å². The van der Waals surface area contributed by atoms with Gasteiger partial charge in [0.2, 0.25) is 0 Å². The van der Waals surface area contributed by atoms with Gasteiger partial charge in [-0.05, 0) is 57.9 Å². The number of halogens is 2. The number of hydrogen-bond acceptors (Lipinski definition) is 6. The van der Waals surface area contributed by atoms with Crippen molar-refractivity contribution < 1.29 is 18.3 Å². The number of nitrogens with one attached hydrogen (secondary N) is 2. The van der Waals surface area contributed by atoms with Gasteiger partial charge in [0.15, 0.2) is 0 Å². The summed E-state index contributed by atoms with van der Waals surface area (Å²) in [7, 11) is 0. The van der Waals surface area contributed by atoms with Gasteiger partial charge in [0.25, 0.3) is 0 Å². The zero-order chi connectivity index (χ0) is 26.0. The molecule has 36 heavy (non-hydrogen) atoms. The smallest absolute Gasteiger partial charge is 0.138 e. The second-order valence-corrected chi connectivity index (χ2v) is 9.42. The van der Waals surface area contributed by atoms with Crippen LogP contribution in [0.1, 0.15) is 39.2 Å². The van der Waals surface area contributed by atoms with E-state index in [2.05, 4.69) is 27.1 Å². The van der Waals surface area contributed by atoms with Crippen LogP contribution in [-0.4, -0.2) is 62.8 Å². The van der Waals surface area contributed by atoms with Crippen molar-refractivity contribution in [2.75, 3.05) is 56.6 Å². The molecule has 0 spiro atoms. The molecule has 1 aliphatic rings. The maximum atomic E-state index is 15.2. The molecule has 1 aliphatic heterocycles. The molecule has 0 radical (unpaired) electrons. The first-order chi connectivity index (χ1) is 17.2. The standard InChI is InChI=1S/C28H38F2N4O2/c1-5-31-26-20-24(36-16-6-13-34-14-17-35-18-15-34)19-25(29)27(26)21(2)33-23-9-7-22(8-10-23)32-12-11-28(3,4)30/h5,7-10,19-20,32-33H,2,6,11-18H2,1,3-4H3. The van der Waals surface area contributed by atoms with E-state index < -0.39 is 11.5 Å². The molecule has 196 valence electrons. The third kappa shape index (κ3) is 8.91. The summed E-state index contributed by atoms with van der Waals surface area (Å²) in [6.45, 7) is 14.3. The Morgan fingerprint density at radius 3 is 2.56 bits per heavy atom. The summed E-state index contributed by atoms with van der Waals surface area (Å²) in [6, 6.07) is 10.6. The van der Waals surface area contributed by atoms with Gasteiger partial charge in [0.05, 0.1) is 31.1 Å². The molecule has 2 aromatic carbocycles. The summed E-state index contributed by atoms with van der Waals surface area (Å²) in [5.74, 6) is -0.00980. The number of anilines is 2.